The Morgan fingerprint density at radius 3 is 2.56 bits per heavy atom. The largest absolute Gasteiger partial charge is 0.347 e. The molecule has 0 aliphatic heterocycles. The molecule has 3 aromatic rings. The third kappa shape index (κ3) is 5.25. The second-order valence-electron chi connectivity index (χ2n) is 6.79. The summed E-state index contributed by atoms with van der Waals surface area (Å²) in [5.74, 6) is 0.488. The number of hydrogen-bond acceptors (Lipinski definition) is 3. The molecular formula is C19H27Cl2N5O. The van der Waals surface area contributed by atoms with Gasteiger partial charge in [0, 0.05) is 48.1 Å². The van der Waals surface area contributed by atoms with E-state index in [-0.39, 0.29) is 30.7 Å². The number of benzene rings is 1. The van der Waals surface area contributed by atoms with Crippen LogP contribution in [0.2, 0.25) is 0 Å². The van der Waals surface area contributed by atoms with Crippen LogP contribution in [-0.4, -0.2) is 27.3 Å². The van der Waals surface area contributed by atoms with Gasteiger partial charge in [-0.25, -0.2) is 0 Å². The van der Waals surface area contributed by atoms with Gasteiger partial charge in [0.15, 0.2) is 0 Å². The lowest BCUT2D eigenvalue weighted by atomic mass is 10.1. The molecule has 0 bridgehead atoms. The molecule has 3 rings (SSSR count). The van der Waals surface area contributed by atoms with Gasteiger partial charge >= 0.3 is 0 Å². The number of anilines is 1. The van der Waals surface area contributed by atoms with Crippen LogP contribution in [0.5, 0.6) is 0 Å². The van der Waals surface area contributed by atoms with E-state index < -0.39 is 6.04 Å². The van der Waals surface area contributed by atoms with E-state index in [1.165, 1.54) is 5.52 Å². The van der Waals surface area contributed by atoms with Crippen LogP contribution in [0.1, 0.15) is 25.5 Å². The average molecular weight is 412 g/mol. The minimum Gasteiger partial charge on any atom is -0.347 e. The molecule has 1 amide bonds. The van der Waals surface area contributed by atoms with E-state index in [4.69, 9.17) is 0 Å². The Bertz CT molecular complexity index is 887. The van der Waals surface area contributed by atoms with Gasteiger partial charge in [0.05, 0.1) is 6.20 Å². The Kier molecular flexibility index (Phi) is 8.34. The van der Waals surface area contributed by atoms with Crippen molar-refractivity contribution in [1.82, 2.24) is 19.7 Å². The number of rotatable bonds is 6. The maximum Gasteiger partial charge on any atom is 0.246 e. The Labute approximate surface area is 172 Å². The molecule has 2 heterocycles. The fourth-order valence-electron chi connectivity index (χ4n) is 3.08. The fraction of sp³-hybridized carbons (Fsp3) is 0.368. The summed E-state index contributed by atoms with van der Waals surface area (Å²) in [7, 11) is 3.61. The molecule has 6 nitrogen and oxygen atoms in total. The van der Waals surface area contributed by atoms with Crippen molar-refractivity contribution in [3.63, 3.8) is 0 Å². The summed E-state index contributed by atoms with van der Waals surface area (Å²) in [5, 5.41) is 11.3. The molecule has 0 aliphatic rings. The lowest BCUT2D eigenvalue weighted by Gasteiger charge is -2.15. The van der Waals surface area contributed by atoms with Crippen LogP contribution < -0.4 is 10.6 Å². The van der Waals surface area contributed by atoms with Crippen molar-refractivity contribution in [1.29, 1.82) is 0 Å². The van der Waals surface area contributed by atoms with Gasteiger partial charge in [-0.2, -0.15) is 5.10 Å². The van der Waals surface area contributed by atoms with Crippen molar-refractivity contribution in [2.45, 2.75) is 26.4 Å². The van der Waals surface area contributed by atoms with Crippen molar-refractivity contribution in [2.75, 3.05) is 12.4 Å². The molecule has 148 valence electrons. The molecule has 27 heavy (non-hydrogen) atoms. The summed E-state index contributed by atoms with van der Waals surface area (Å²) in [6.07, 6.45) is 5.65. The molecule has 2 N–H and O–H groups in total. The zero-order valence-corrected chi connectivity index (χ0v) is 17.6. The number of amides is 1. The van der Waals surface area contributed by atoms with Crippen LogP contribution in [0.4, 0.5) is 5.69 Å². The third-order valence-electron chi connectivity index (χ3n) is 4.21. The molecule has 8 heteroatoms. The minimum atomic E-state index is -0.435. The predicted octanol–water partition coefficient (Wildman–Crippen LogP) is 3.77. The van der Waals surface area contributed by atoms with E-state index in [0.29, 0.717) is 5.92 Å². The quantitative estimate of drug-likeness (QED) is 0.648. The monoisotopic (exact) mass is 411 g/mol. The lowest BCUT2D eigenvalue weighted by Crippen LogP contribution is -2.30. The molecule has 2 aromatic heterocycles. The number of hydrogen-bond donors (Lipinski definition) is 2. The fourth-order valence-corrected chi connectivity index (χ4v) is 3.08. The highest BCUT2D eigenvalue weighted by atomic mass is 35.5. The van der Waals surface area contributed by atoms with Crippen LogP contribution in [0.25, 0.3) is 10.9 Å². The predicted molar refractivity (Wildman–Crippen MR) is 115 cm³/mol. The summed E-state index contributed by atoms with van der Waals surface area (Å²) in [5.41, 5.74) is 2.82. The van der Waals surface area contributed by atoms with E-state index >= 15 is 0 Å². The number of nitrogens with one attached hydrogen (secondary N) is 2. The number of carbonyl (C=O) groups excluding carboxylic acids is 1. The number of aryl methyl sites for hydroxylation is 1. The summed E-state index contributed by atoms with van der Waals surface area (Å²) < 4.78 is 3.94. The van der Waals surface area contributed by atoms with Gasteiger partial charge in [-0.3, -0.25) is 9.48 Å². The van der Waals surface area contributed by atoms with Crippen LogP contribution in [0, 0.1) is 5.92 Å². The first-order chi connectivity index (χ1) is 12.0. The number of likely N-dealkylation sites (N-methyl/N-ethyl adjacent to an activating group) is 1. The Morgan fingerprint density at radius 1 is 1.22 bits per heavy atom. The lowest BCUT2D eigenvalue weighted by molar-refractivity contribution is -0.118. The number of halogens is 2. The van der Waals surface area contributed by atoms with Gasteiger partial charge in [0.2, 0.25) is 5.91 Å². The van der Waals surface area contributed by atoms with Gasteiger partial charge in [-0.1, -0.05) is 13.8 Å². The Hall–Kier alpha value is -2.02. The normalized spacial score (nSPS) is 11.7. The second-order valence-corrected chi connectivity index (χ2v) is 6.79. The van der Waals surface area contributed by atoms with Crippen LogP contribution in [0.15, 0.2) is 42.9 Å². The summed E-state index contributed by atoms with van der Waals surface area (Å²) in [4.78, 5) is 12.6. The number of nitrogens with zero attached hydrogens (tertiary/aromatic N) is 3. The van der Waals surface area contributed by atoms with Crippen LogP contribution in [-0.2, 0) is 18.4 Å². The first-order valence-electron chi connectivity index (χ1n) is 8.53. The molecule has 0 fully saturated rings. The summed E-state index contributed by atoms with van der Waals surface area (Å²) >= 11 is 0. The maximum absolute atomic E-state index is 12.6. The number of carbonyl (C=O) groups is 1. The molecule has 0 spiro atoms. The van der Waals surface area contributed by atoms with Gasteiger partial charge < -0.3 is 15.2 Å². The molecule has 1 unspecified atom stereocenters. The van der Waals surface area contributed by atoms with Gasteiger partial charge in [0.1, 0.15) is 6.04 Å². The molecular weight excluding hydrogens is 385 g/mol. The van der Waals surface area contributed by atoms with Gasteiger partial charge in [0.25, 0.3) is 0 Å². The highest BCUT2D eigenvalue weighted by Crippen LogP contribution is 2.23. The smallest absolute Gasteiger partial charge is 0.246 e. The van der Waals surface area contributed by atoms with E-state index in [2.05, 4.69) is 52.5 Å². The first-order valence-corrected chi connectivity index (χ1v) is 8.53. The van der Waals surface area contributed by atoms with E-state index in [1.54, 1.807) is 17.9 Å². The molecule has 0 aliphatic carbocycles. The van der Waals surface area contributed by atoms with E-state index in [0.717, 1.165) is 23.2 Å². The van der Waals surface area contributed by atoms with Crippen molar-refractivity contribution < 1.29 is 4.79 Å². The third-order valence-corrected chi connectivity index (χ3v) is 4.21. The topological polar surface area (TPSA) is 63.9 Å². The SMILES string of the molecule is CNC(C(=O)Nc1ccc2c(ccn2CC(C)C)c1)c1cnn(C)c1.Cl.Cl. The Balaban J connectivity index is 0.00000182. The number of fused-ring (bicyclic) bond motifs is 1. The average Bonchev–Trinajstić information content (AvgIpc) is 3.14. The molecule has 0 radical (unpaired) electrons. The van der Waals surface area contributed by atoms with E-state index in [9.17, 15) is 4.79 Å². The van der Waals surface area contributed by atoms with Crippen molar-refractivity contribution in [3.8, 4) is 0 Å². The standard InChI is InChI=1S/C19H25N5O.2ClH/c1-13(2)11-24-8-7-14-9-16(5-6-17(14)24)22-19(25)18(20-3)15-10-21-23(4)12-15;;/h5-10,12-13,18,20H,11H2,1-4H3,(H,22,25);2*1H. The maximum atomic E-state index is 12.6. The molecule has 0 saturated heterocycles. The van der Waals surface area contributed by atoms with Crippen LogP contribution >= 0.6 is 24.8 Å². The molecule has 1 aromatic carbocycles. The van der Waals surface area contributed by atoms with Gasteiger partial charge in [-0.15, -0.1) is 24.8 Å². The van der Waals surface area contributed by atoms with Crippen molar-refractivity contribution in [2.24, 2.45) is 13.0 Å². The summed E-state index contributed by atoms with van der Waals surface area (Å²) in [6.45, 7) is 5.39. The number of aromatic nitrogens is 3. The summed E-state index contributed by atoms with van der Waals surface area (Å²) in [6, 6.07) is 7.68. The van der Waals surface area contributed by atoms with Crippen molar-refractivity contribution in [3.05, 3.63) is 48.4 Å². The Morgan fingerprint density at radius 2 is 1.96 bits per heavy atom. The molecule has 0 saturated carbocycles. The first kappa shape index (κ1) is 23.0. The van der Waals surface area contributed by atoms with Crippen molar-refractivity contribution >= 4 is 47.3 Å². The second kappa shape index (κ2) is 9.78. The highest BCUT2D eigenvalue weighted by Gasteiger charge is 2.20. The van der Waals surface area contributed by atoms with E-state index in [1.807, 2.05) is 25.4 Å². The molecule has 1 atom stereocenters. The zero-order chi connectivity index (χ0) is 18.0. The van der Waals surface area contributed by atoms with Crippen LogP contribution in [0.3, 0.4) is 0 Å². The zero-order valence-electron chi connectivity index (χ0n) is 16.0. The van der Waals surface area contributed by atoms with Gasteiger partial charge in [-0.05, 0) is 37.2 Å². The highest BCUT2D eigenvalue weighted by molar-refractivity contribution is 5.97. The minimum absolute atomic E-state index is 0.